The summed E-state index contributed by atoms with van der Waals surface area (Å²) in [6.45, 7) is 0.983. The highest BCUT2D eigenvalue weighted by molar-refractivity contribution is 8.01. The molecule has 170 valence electrons. The van der Waals surface area contributed by atoms with E-state index < -0.39 is 9.84 Å². The number of sulfone groups is 1. The van der Waals surface area contributed by atoms with Crippen molar-refractivity contribution in [3.05, 3.63) is 36.0 Å². The van der Waals surface area contributed by atoms with E-state index in [1.165, 1.54) is 30.4 Å². The summed E-state index contributed by atoms with van der Waals surface area (Å²) in [6.07, 6.45) is 8.51. The minimum atomic E-state index is -3.26. The van der Waals surface area contributed by atoms with Gasteiger partial charge in [0.2, 0.25) is 5.91 Å². The molecular weight excluding hydrogens is 450 g/mol. The summed E-state index contributed by atoms with van der Waals surface area (Å²) < 4.78 is 24.7. The van der Waals surface area contributed by atoms with Crippen molar-refractivity contribution in [1.29, 1.82) is 0 Å². The Balaban J connectivity index is 1.71. The zero-order chi connectivity index (χ0) is 22.4. The topological polar surface area (TPSA) is 79.4 Å². The fourth-order valence-corrected chi connectivity index (χ4v) is 6.52. The number of rotatable bonds is 10. The first-order valence-electron chi connectivity index (χ1n) is 10.6. The van der Waals surface area contributed by atoms with Crippen LogP contribution in [-0.2, 0) is 14.6 Å². The number of anilines is 1. The number of hydrogen-bond donors (Lipinski definition) is 1. The molecular formula is C22H31N3O3S3. The maximum atomic E-state index is 13.2. The molecule has 1 amide bonds. The van der Waals surface area contributed by atoms with Crippen LogP contribution in [0.25, 0.3) is 0 Å². The van der Waals surface area contributed by atoms with Gasteiger partial charge in [0, 0.05) is 18.6 Å². The second kappa shape index (κ2) is 10.9. The Morgan fingerprint density at radius 2 is 1.94 bits per heavy atom. The van der Waals surface area contributed by atoms with Crippen molar-refractivity contribution in [2.75, 3.05) is 38.0 Å². The van der Waals surface area contributed by atoms with Crippen molar-refractivity contribution in [2.45, 2.75) is 47.1 Å². The third-order valence-electron chi connectivity index (χ3n) is 5.57. The minimum absolute atomic E-state index is 0.0711. The van der Waals surface area contributed by atoms with Crippen LogP contribution >= 0.6 is 23.1 Å². The molecule has 1 saturated carbocycles. The number of carbonyl (C=O) groups is 1. The Bertz CT molecular complexity index is 965. The zero-order valence-corrected chi connectivity index (χ0v) is 20.8. The van der Waals surface area contributed by atoms with Gasteiger partial charge in [-0.25, -0.2) is 13.4 Å². The number of thiazole rings is 1. The average molecular weight is 482 g/mol. The van der Waals surface area contributed by atoms with E-state index in [-0.39, 0.29) is 16.7 Å². The second-order valence-corrected chi connectivity index (χ2v) is 12.8. The zero-order valence-electron chi connectivity index (χ0n) is 18.3. The van der Waals surface area contributed by atoms with E-state index in [1.54, 1.807) is 36.0 Å². The molecule has 1 atom stereocenters. The maximum Gasteiger partial charge on any atom is 0.233 e. The summed E-state index contributed by atoms with van der Waals surface area (Å²) >= 11 is 3.23. The van der Waals surface area contributed by atoms with Crippen LogP contribution < -0.4 is 5.32 Å². The molecule has 2 aromatic rings. The molecule has 1 aliphatic rings. The fourth-order valence-electron chi connectivity index (χ4n) is 3.83. The van der Waals surface area contributed by atoms with Crippen LogP contribution in [0.5, 0.6) is 0 Å². The van der Waals surface area contributed by atoms with Crippen molar-refractivity contribution in [1.82, 2.24) is 9.88 Å². The quantitative estimate of drug-likeness (QED) is 0.503. The lowest BCUT2D eigenvalue weighted by molar-refractivity contribution is -0.118. The monoisotopic (exact) mass is 481 g/mol. The molecule has 1 heterocycles. The maximum absolute atomic E-state index is 13.2. The molecule has 0 bridgehead atoms. The molecule has 1 aromatic carbocycles. The smallest absolute Gasteiger partial charge is 0.233 e. The number of benzene rings is 1. The number of amides is 1. The minimum Gasteiger partial charge on any atom is -0.309 e. The molecule has 0 saturated heterocycles. The first kappa shape index (κ1) is 24.2. The fraction of sp³-hybridized carbons (Fsp3) is 0.545. The first-order valence-corrected chi connectivity index (χ1v) is 14.3. The van der Waals surface area contributed by atoms with Crippen molar-refractivity contribution >= 4 is 44.0 Å². The van der Waals surface area contributed by atoms with E-state index in [1.807, 2.05) is 20.3 Å². The van der Waals surface area contributed by atoms with Gasteiger partial charge in [-0.3, -0.25) is 4.79 Å². The summed E-state index contributed by atoms with van der Waals surface area (Å²) in [4.78, 5) is 20.0. The third kappa shape index (κ3) is 7.30. The van der Waals surface area contributed by atoms with Crippen LogP contribution in [-0.4, -0.2) is 56.9 Å². The highest BCUT2D eigenvalue weighted by atomic mass is 32.2. The van der Waals surface area contributed by atoms with Crippen molar-refractivity contribution in [2.24, 2.45) is 5.92 Å². The molecule has 3 rings (SSSR count). The molecule has 0 aliphatic heterocycles. The predicted molar refractivity (Wildman–Crippen MR) is 129 cm³/mol. The van der Waals surface area contributed by atoms with Crippen LogP contribution in [0.15, 0.2) is 39.6 Å². The molecule has 1 N–H and O–H groups in total. The predicted octanol–water partition coefficient (Wildman–Crippen LogP) is 4.50. The summed E-state index contributed by atoms with van der Waals surface area (Å²) in [6, 6.07) is 6.75. The van der Waals surface area contributed by atoms with Gasteiger partial charge in [-0.2, -0.15) is 0 Å². The number of thioether (sulfide) groups is 1. The van der Waals surface area contributed by atoms with E-state index in [9.17, 15) is 13.2 Å². The SMILES string of the molecule is CN(C)CCSc1cnc(NC(=O)[C@H](CC2CCCC2)c2ccc(S(C)(=O)=O)cc2)s1. The standard InChI is InChI=1S/C22H31N3O3S3/c1-25(2)12-13-29-20-15-23-22(30-20)24-21(26)19(14-16-6-4-5-7-16)17-8-10-18(11-9-17)31(3,27)28/h8-11,15-16,19H,4-7,12-14H2,1-3H3,(H,23,24,26)/t19-/m1/s1. The van der Waals surface area contributed by atoms with E-state index in [0.29, 0.717) is 11.0 Å². The van der Waals surface area contributed by atoms with Gasteiger partial charge in [0.15, 0.2) is 15.0 Å². The largest absolute Gasteiger partial charge is 0.309 e. The lowest BCUT2D eigenvalue weighted by Crippen LogP contribution is -2.23. The van der Waals surface area contributed by atoms with Gasteiger partial charge < -0.3 is 10.2 Å². The second-order valence-electron chi connectivity index (χ2n) is 8.41. The van der Waals surface area contributed by atoms with E-state index >= 15 is 0 Å². The lowest BCUT2D eigenvalue weighted by atomic mass is 9.87. The van der Waals surface area contributed by atoms with Crippen molar-refractivity contribution in [3.63, 3.8) is 0 Å². The van der Waals surface area contributed by atoms with Gasteiger partial charge in [0.1, 0.15) is 0 Å². The Kier molecular flexibility index (Phi) is 8.55. The number of aromatic nitrogens is 1. The molecule has 1 aliphatic carbocycles. The molecule has 0 spiro atoms. The summed E-state index contributed by atoms with van der Waals surface area (Å²) in [5.41, 5.74) is 0.855. The molecule has 9 heteroatoms. The Morgan fingerprint density at radius 3 is 2.55 bits per heavy atom. The Labute approximate surface area is 193 Å². The molecule has 0 radical (unpaired) electrons. The normalized spacial score (nSPS) is 16.0. The number of carbonyl (C=O) groups excluding carboxylic acids is 1. The van der Waals surface area contributed by atoms with Gasteiger partial charge in [-0.1, -0.05) is 49.2 Å². The summed E-state index contributed by atoms with van der Waals surface area (Å²) in [7, 11) is 0.834. The van der Waals surface area contributed by atoms with Gasteiger partial charge in [0.25, 0.3) is 0 Å². The van der Waals surface area contributed by atoms with Crippen LogP contribution in [0.2, 0.25) is 0 Å². The van der Waals surface area contributed by atoms with Gasteiger partial charge in [-0.05, 0) is 44.1 Å². The van der Waals surface area contributed by atoms with E-state index in [2.05, 4.69) is 15.2 Å². The molecule has 0 unspecified atom stereocenters. The van der Waals surface area contributed by atoms with Crippen LogP contribution in [0.4, 0.5) is 5.13 Å². The average Bonchev–Trinajstić information content (AvgIpc) is 3.37. The lowest BCUT2D eigenvalue weighted by Gasteiger charge is -2.20. The van der Waals surface area contributed by atoms with Gasteiger partial charge in [-0.15, -0.1) is 11.8 Å². The summed E-state index contributed by atoms with van der Waals surface area (Å²) in [5, 5.41) is 3.62. The van der Waals surface area contributed by atoms with Gasteiger partial charge in [0.05, 0.1) is 21.2 Å². The molecule has 1 aromatic heterocycles. The third-order valence-corrected chi connectivity index (χ3v) is 8.78. The van der Waals surface area contributed by atoms with Crippen molar-refractivity contribution < 1.29 is 13.2 Å². The Hall–Kier alpha value is -1.42. The van der Waals surface area contributed by atoms with Gasteiger partial charge >= 0.3 is 0 Å². The van der Waals surface area contributed by atoms with E-state index in [4.69, 9.17) is 0 Å². The van der Waals surface area contributed by atoms with Crippen LogP contribution in [0, 0.1) is 5.92 Å². The van der Waals surface area contributed by atoms with Crippen LogP contribution in [0.1, 0.15) is 43.6 Å². The first-order chi connectivity index (χ1) is 14.7. The molecule has 1 fully saturated rings. The van der Waals surface area contributed by atoms with E-state index in [0.717, 1.165) is 41.3 Å². The summed E-state index contributed by atoms with van der Waals surface area (Å²) in [5.74, 6) is 1.11. The van der Waals surface area contributed by atoms with Crippen molar-refractivity contribution in [3.8, 4) is 0 Å². The molecule has 31 heavy (non-hydrogen) atoms. The number of nitrogens with zero attached hydrogens (tertiary/aromatic N) is 2. The number of nitrogens with one attached hydrogen (secondary N) is 1. The van der Waals surface area contributed by atoms with Crippen LogP contribution in [0.3, 0.4) is 0 Å². The molecule has 6 nitrogen and oxygen atoms in total. The Morgan fingerprint density at radius 1 is 1.26 bits per heavy atom. The highest BCUT2D eigenvalue weighted by Crippen LogP contribution is 2.36. The highest BCUT2D eigenvalue weighted by Gasteiger charge is 2.27. The number of hydrogen-bond acceptors (Lipinski definition) is 7.